The first-order valence-electron chi connectivity index (χ1n) is 7.65. The van der Waals surface area contributed by atoms with Crippen molar-refractivity contribution in [1.29, 1.82) is 0 Å². The number of rotatable bonds is 8. The van der Waals surface area contributed by atoms with Crippen molar-refractivity contribution in [1.82, 2.24) is 5.32 Å². The highest BCUT2D eigenvalue weighted by Crippen LogP contribution is 2.36. The highest BCUT2D eigenvalue weighted by molar-refractivity contribution is 5.51. The Morgan fingerprint density at radius 2 is 1.24 bits per heavy atom. The van der Waals surface area contributed by atoms with Crippen molar-refractivity contribution < 1.29 is 14.2 Å². The van der Waals surface area contributed by atoms with Crippen LogP contribution in [0.25, 0.3) is 0 Å². The van der Waals surface area contributed by atoms with Gasteiger partial charge in [-0.15, -0.1) is 0 Å². The fourth-order valence-corrected chi connectivity index (χ4v) is 2.01. The van der Waals surface area contributed by atoms with Crippen LogP contribution in [0.3, 0.4) is 0 Å². The highest BCUT2D eigenvalue weighted by Gasteiger charge is 2.16. The van der Waals surface area contributed by atoms with Gasteiger partial charge in [0.1, 0.15) is 17.2 Å². The third-order valence-corrected chi connectivity index (χ3v) is 2.59. The molecule has 4 heteroatoms. The van der Waals surface area contributed by atoms with Gasteiger partial charge in [-0.25, -0.2) is 0 Å². The molecule has 21 heavy (non-hydrogen) atoms. The Bertz CT molecular complexity index is 411. The molecule has 0 unspecified atom stereocenters. The number of nitrogens with one attached hydrogen (secondary N) is 1. The van der Waals surface area contributed by atoms with E-state index in [1.165, 1.54) is 0 Å². The topological polar surface area (TPSA) is 39.7 Å². The Kier molecular flexibility index (Phi) is 6.82. The molecule has 0 aromatic heterocycles. The summed E-state index contributed by atoms with van der Waals surface area (Å²) in [6.07, 6.45) is 0.308. The molecule has 1 aromatic carbocycles. The van der Waals surface area contributed by atoms with E-state index in [-0.39, 0.29) is 18.3 Å². The zero-order valence-corrected chi connectivity index (χ0v) is 14.3. The predicted molar refractivity (Wildman–Crippen MR) is 86.5 cm³/mol. The van der Waals surface area contributed by atoms with Crippen molar-refractivity contribution in [3.8, 4) is 17.2 Å². The van der Waals surface area contributed by atoms with Crippen molar-refractivity contribution in [2.45, 2.75) is 66.4 Å². The van der Waals surface area contributed by atoms with Crippen LogP contribution in [-0.4, -0.2) is 25.4 Å². The highest BCUT2D eigenvalue weighted by atomic mass is 16.5. The third kappa shape index (κ3) is 5.84. The fraction of sp³-hybridized carbons (Fsp3) is 0.647. The molecule has 0 aliphatic carbocycles. The van der Waals surface area contributed by atoms with E-state index in [4.69, 9.17) is 14.2 Å². The number of hydrogen-bond donors (Lipinski definition) is 1. The maximum atomic E-state index is 5.94. The largest absolute Gasteiger partial charge is 0.491 e. The first kappa shape index (κ1) is 17.6. The van der Waals surface area contributed by atoms with Gasteiger partial charge in [0.05, 0.1) is 23.9 Å². The Balaban J connectivity index is 3.26. The van der Waals surface area contributed by atoms with Gasteiger partial charge in [-0.2, -0.15) is 0 Å². The molecule has 4 nitrogen and oxygen atoms in total. The second-order valence-electron chi connectivity index (χ2n) is 5.93. The molecule has 1 N–H and O–H groups in total. The lowest BCUT2D eigenvalue weighted by Crippen LogP contribution is -2.16. The molecule has 0 aliphatic rings. The number of hydrogen-bond acceptors (Lipinski definition) is 4. The monoisotopic (exact) mass is 295 g/mol. The minimum atomic E-state index is 0.0989. The zero-order chi connectivity index (χ0) is 16.0. The van der Waals surface area contributed by atoms with Crippen molar-refractivity contribution in [2.75, 3.05) is 7.05 Å². The number of benzene rings is 1. The van der Waals surface area contributed by atoms with Gasteiger partial charge in [0.2, 0.25) is 0 Å². The molecular weight excluding hydrogens is 266 g/mol. The molecule has 0 atom stereocenters. The van der Waals surface area contributed by atoms with E-state index < -0.39 is 0 Å². The van der Waals surface area contributed by atoms with Gasteiger partial charge in [0, 0.05) is 18.7 Å². The maximum Gasteiger partial charge on any atom is 0.131 e. The van der Waals surface area contributed by atoms with Gasteiger partial charge in [-0.05, 0) is 48.6 Å². The summed E-state index contributed by atoms with van der Waals surface area (Å²) in [5, 5.41) is 3.17. The summed E-state index contributed by atoms with van der Waals surface area (Å²) >= 11 is 0. The van der Waals surface area contributed by atoms with E-state index >= 15 is 0 Å². The van der Waals surface area contributed by atoms with Gasteiger partial charge in [-0.3, -0.25) is 0 Å². The molecule has 0 radical (unpaired) electrons. The molecule has 0 fully saturated rings. The van der Waals surface area contributed by atoms with Gasteiger partial charge in [-0.1, -0.05) is 0 Å². The fourth-order valence-electron chi connectivity index (χ4n) is 2.01. The van der Waals surface area contributed by atoms with E-state index in [0.717, 1.165) is 22.8 Å². The van der Waals surface area contributed by atoms with Crippen molar-refractivity contribution in [3.63, 3.8) is 0 Å². The van der Waals surface area contributed by atoms with Crippen LogP contribution >= 0.6 is 0 Å². The second kappa shape index (κ2) is 8.13. The second-order valence-corrected chi connectivity index (χ2v) is 5.93. The van der Waals surface area contributed by atoms with Crippen LogP contribution in [0.1, 0.15) is 47.1 Å². The Morgan fingerprint density at radius 1 is 0.810 bits per heavy atom. The Morgan fingerprint density at radius 3 is 1.57 bits per heavy atom. The average Bonchev–Trinajstić information content (AvgIpc) is 2.31. The first-order valence-corrected chi connectivity index (χ1v) is 7.65. The summed E-state index contributed by atoms with van der Waals surface area (Å²) in [5.74, 6) is 2.40. The molecule has 1 rings (SSSR count). The standard InChI is InChI=1S/C17H29NO3/c1-11(2)19-14-8-16(20-12(3)4)15(10-18-7)17(9-14)21-13(5)6/h8-9,11-13,18H,10H2,1-7H3. The van der Waals surface area contributed by atoms with Crippen LogP contribution < -0.4 is 19.5 Å². The minimum Gasteiger partial charge on any atom is -0.491 e. The lowest BCUT2D eigenvalue weighted by molar-refractivity contribution is 0.212. The van der Waals surface area contributed by atoms with E-state index in [9.17, 15) is 0 Å². The zero-order valence-electron chi connectivity index (χ0n) is 14.3. The van der Waals surface area contributed by atoms with E-state index in [2.05, 4.69) is 5.32 Å². The van der Waals surface area contributed by atoms with Gasteiger partial charge >= 0.3 is 0 Å². The molecule has 0 saturated heterocycles. The third-order valence-electron chi connectivity index (χ3n) is 2.59. The van der Waals surface area contributed by atoms with Crippen LogP contribution in [0.5, 0.6) is 17.2 Å². The van der Waals surface area contributed by atoms with Crippen LogP contribution in [-0.2, 0) is 6.54 Å². The van der Waals surface area contributed by atoms with E-state index in [1.54, 1.807) is 0 Å². The summed E-state index contributed by atoms with van der Waals surface area (Å²) in [4.78, 5) is 0. The molecule has 0 saturated carbocycles. The molecule has 0 amide bonds. The molecule has 0 aliphatic heterocycles. The number of ether oxygens (including phenoxy) is 3. The molecule has 0 spiro atoms. The van der Waals surface area contributed by atoms with Crippen molar-refractivity contribution >= 4 is 0 Å². The summed E-state index contributed by atoms with van der Waals surface area (Å²) in [7, 11) is 1.91. The summed E-state index contributed by atoms with van der Waals surface area (Å²) in [5.41, 5.74) is 1.02. The van der Waals surface area contributed by atoms with Crippen LogP contribution in [0.4, 0.5) is 0 Å². The van der Waals surface area contributed by atoms with Crippen LogP contribution in [0, 0.1) is 0 Å². The van der Waals surface area contributed by atoms with Crippen LogP contribution in [0.15, 0.2) is 12.1 Å². The minimum absolute atomic E-state index is 0.0989. The molecule has 0 heterocycles. The average molecular weight is 295 g/mol. The van der Waals surface area contributed by atoms with Crippen molar-refractivity contribution in [3.05, 3.63) is 17.7 Å². The van der Waals surface area contributed by atoms with Crippen molar-refractivity contribution in [2.24, 2.45) is 0 Å². The Hall–Kier alpha value is -1.42. The smallest absolute Gasteiger partial charge is 0.131 e. The molecule has 1 aromatic rings. The predicted octanol–water partition coefficient (Wildman–Crippen LogP) is 3.77. The van der Waals surface area contributed by atoms with Gasteiger partial charge in [0.15, 0.2) is 0 Å². The summed E-state index contributed by atoms with van der Waals surface area (Å²) in [6, 6.07) is 3.89. The normalized spacial score (nSPS) is 11.3. The quantitative estimate of drug-likeness (QED) is 0.792. The van der Waals surface area contributed by atoms with E-state index in [0.29, 0.717) is 6.54 Å². The molecular formula is C17H29NO3. The summed E-state index contributed by atoms with van der Waals surface area (Å²) < 4.78 is 17.7. The maximum absolute atomic E-state index is 5.94. The van der Waals surface area contributed by atoms with Gasteiger partial charge < -0.3 is 19.5 Å². The SMILES string of the molecule is CNCc1c(OC(C)C)cc(OC(C)C)cc1OC(C)C. The summed E-state index contributed by atoms with van der Waals surface area (Å²) in [6.45, 7) is 12.8. The van der Waals surface area contributed by atoms with E-state index in [1.807, 2.05) is 60.7 Å². The molecule has 0 bridgehead atoms. The lowest BCUT2D eigenvalue weighted by Gasteiger charge is -2.21. The van der Waals surface area contributed by atoms with Crippen LogP contribution in [0.2, 0.25) is 0 Å². The Labute approximate surface area is 128 Å². The first-order chi connectivity index (χ1) is 9.83. The lowest BCUT2D eigenvalue weighted by atomic mass is 10.1. The van der Waals surface area contributed by atoms with Gasteiger partial charge in [0.25, 0.3) is 0 Å². The molecule has 120 valence electrons.